The molecule has 1 N–H and O–H groups in total. The summed E-state index contributed by atoms with van der Waals surface area (Å²) >= 11 is 0. The number of nitrogens with one attached hydrogen (secondary N) is 1. The number of hydrogen-bond acceptors (Lipinski definition) is 4. The van der Waals surface area contributed by atoms with Gasteiger partial charge in [0, 0.05) is 17.4 Å². The van der Waals surface area contributed by atoms with Crippen molar-refractivity contribution in [2.75, 3.05) is 0 Å². The van der Waals surface area contributed by atoms with Crippen LogP contribution in [0.5, 0.6) is 0 Å². The van der Waals surface area contributed by atoms with Crippen LogP contribution in [-0.2, 0) is 24.4 Å². The van der Waals surface area contributed by atoms with Crippen LogP contribution >= 0.6 is 0 Å². The number of furan rings is 1. The van der Waals surface area contributed by atoms with Crippen molar-refractivity contribution in [1.29, 1.82) is 5.26 Å². The second-order valence-electron chi connectivity index (χ2n) is 7.76. The Morgan fingerprint density at radius 3 is 2.81 bits per heavy atom. The third kappa shape index (κ3) is 3.52. The van der Waals surface area contributed by atoms with E-state index in [9.17, 15) is 14.9 Å². The fourth-order valence-corrected chi connectivity index (χ4v) is 4.19. The molecule has 3 heterocycles. The van der Waals surface area contributed by atoms with Crippen LogP contribution in [0.15, 0.2) is 77.4 Å². The molecule has 0 bridgehead atoms. The minimum Gasteiger partial charge on any atom is -0.467 e. The molecule has 1 aliphatic heterocycles. The topological polar surface area (TPSA) is 91.3 Å². The summed E-state index contributed by atoms with van der Waals surface area (Å²) in [5.41, 5.74) is 2.79. The van der Waals surface area contributed by atoms with E-state index in [2.05, 4.69) is 11.4 Å². The summed E-state index contributed by atoms with van der Waals surface area (Å²) in [6.07, 6.45) is 1.55. The van der Waals surface area contributed by atoms with Crippen molar-refractivity contribution in [3.05, 3.63) is 95.6 Å². The van der Waals surface area contributed by atoms with E-state index >= 15 is 0 Å². The Hall–Kier alpha value is -4.31. The molecule has 1 aliphatic rings. The van der Waals surface area contributed by atoms with Gasteiger partial charge in [0.15, 0.2) is 0 Å². The minimum absolute atomic E-state index is 0.215. The first-order chi connectivity index (χ1) is 15.6. The molecule has 0 spiro atoms. The highest BCUT2D eigenvalue weighted by Crippen LogP contribution is 2.28. The monoisotopic (exact) mass is 424 g/mol. The maximum absolute atomic E-state index is 13.5. The Bertz CT molecular complexity index is 1350. The summed E-state index contributed by atoms with van der Waals surface area (Å²) < 4.78 is 7.22. The van der Waals surface area contributed by atoms with Gasteiger partial charge in [-0.15, -0.1) is 0 Å². The zero-order valence-corrected chi connectivity index (χ0v) is 17.2. The third-order valence-electron chi connectivity index (χ3n) is 5.75. The standard InChI is InChI=1S/C25H20N4O3/c26-13-17-5-3-6-18(11-17)15-29-23(24(30)27-14-20-8-4-10-32-20)16-28-21-9-2-1-7-19(21)12-22(28)25(29)31/h1-12,23H,14-16H2,(H,27,30)/t23-/m0/s1. The van der Waals surface area contributed by atoms with Crippen LogP contribution in [0.2, 0.25) is 0 Å². The lowest BCUT2D eigenvalue weighted by atomic mass is 10.1. The second kappa shape index (κ2) is 8.08. The SMILES string of the molecule is N#Cc1cccc(CN2C(=O)c3cc4ccccc4n3C[C@H]2C(=O)NCc2ccco2)c1. The van der Waals surface area contributed by atoms with Gasteiger partial charge >= 0.3 is 0 Å². The van der Waals surface area contributed by atoms with Gasteiger partial charge in [-0.2, -0.15) is 5.26 Å². The first kappa shape index (κ1) is 19.6. The third-order valence-corrected chi connectivity index (χ3v) is 5.75. The average Bonchev–Trinajstić information content (AvgIpc) is 3.47. The lowest BCUT2D eigenvalue weighted by molar-refractivity contribution is -0.127. The Labute approximate surface area is 184 Å². The highest BCUT2D eigenvalue weighted by atomic mass is 16.3. The Kier molecular flexibility index (Phi) is 4.96. The molecule has 4 aromatic rings. The van der Waals surface area contributed by atoms with Crippen LogP contribution in [0.1, 0.15) is 27.4 Å². The van der Waals surface area contributed by atoms with Crippen LogP contribution in [0.3, 0.4) is 0 Å². The van der Waals surface area contributed by atoms with Gasteiger partial charge < -0.3 is 19.2 Å². The van der Waals surface area contributed by atoms with E-state index in [0.717, 1.165) is 16.5 Å². The van der Waals surface area contributed by atoms with Crippen LogP contribution in [0.4, 0.5) is 0 Å². The molecule has 0 saturated heterocycles. The number of rotatable bonds is 5. The summed E-state index contributed by atoms with van der Waals surface area (Å²) in [6, 6.07) is 21.7. The maximum atomic E-state index is 13.5. The fraction of sp³-hybridized carbons (Fsp3) is 0.160. The molecular weight excluding hydrogens is 404 g/mol. The van der Waals surface area contributed by atoms with Gasteiger partial charge in [0.2, 0.25) is 5.91 Å². The number of aromatic nitrogens is 1. The summed E-state index contributed by atoms with van der Waals surface area (Å²) in [4.78, 5) is 28.3. The number of carbonyl (C=O) groups excluding carboxylic acids is 2. The molecule has 7 heteroatoms. The zero-order valence-electron chi connectivity index (χ0n) is 17.2. The molecule has 0 aliphatic carbocycles. The molecule has 2 aromatic carbocycles. The molecule has 2 amide bonds. The van der Waals surface area contributed by atoms with E-state index in [1.165, 1.54) is 0 Å². The Morgan fingerprint density at radius 2 is 2.00 bits per heavy atom. The minimum atomic E-state index is -0.702. The van der Waals surface area contributed by atoms with Crippen LogP contribution in [-0.4, -0.2) is 27.3 Å². The van der Waals surface area contributed by atoms with E-state index in [0.29, 0.717) is 23.6 Å². The number of hydrogen-bond donors (Lipinski definition) is 1. The number of nitriles is 1. The number of fused-ring (bicyclic) bond motifs is 3. The summed E-state index contributed by atoms with van der Waals surface area (Å²) in [5, 5.41) is 13.1. The predicted octanol–water partition coefficient (Wildman–Crippen LogP) is 3.45. The first-order valence-electron chi connectivity index (χ1n) is 10.3. The Morgan fingerprint density at radius 1 is 1.12 bits per heavy atom. The molecule has 0 radical (unpaired) electrons. The Balaban J connectivity index is 1.50. The first-order valence-corrected chi connectivity index (χ1v) is 10.3. The van der Waals surface area contributed by atoms with Crippen LogP contribution in [0, 0.1) is 11.3 Å². The molecule has 2 aromatic heterocycles. The predicted molar refractivity (Wildman–Crippen MR) is 117 cm³/mol. The lowest BCUT2D eigenvalue weighted by Crippen LogP contribution is -2.54. The van der Waals surface area contributed by atoms with Crippen molar-refractivity contribution in [2.45, 2.75) is 25.7 Å². The van der Waals surface area contributed by atoms with E-state index < -0.39 is 6.04 Å². The molecular formula is C25H20N4O3. The van der Waals surface area contributed by atoms with Gasteiger partial charge in [0.05, 0.1) is 31.0 Å². The second-order valence-corrected chi connectivity index (χ2v) is 7.76. The average molecular weight is 424 g/mol. The van der Waals surface area contributed by atoms with Gasteiger partial charge in [-0.25, -0.2) is 0 Å². The quantitative estimate of drug-likeness (QED) is 0.531. The van der Waals surface area contributed by atoms with Gasteiger partial charge in [0.1, 0.15) is 17.5 Å². The van der Waals surface area contributed by atoms with Crippen LogP contribution < -0.4 is 5.32 Å². The summed E-state index contributed by atoms with van der Waals surface area (Å²) in [5.74, 6) is 0.170. The molecule has 5 rings (SSSR count). The van der Waals surface area contributed by atoms with E-state index in [1.54, 1.807) is 41.5 Å². The summed E-state index contributed by atoms with van der Waals surface area (Å²) in [7, 11) is 0. The van der Waals surface area contributed by atoms with E-state index in [-0.39, 0.29) is 24.9 Å². The van der Waals surface area contributed by atoms with E-state index in [4.69, 9.17) is 4.42 Å². The molecule has 1 atom stereocenters. The van der Waals surface area contributed by atoms with Crippen molar-refractivity contribution in [2.24, 2.45) is 0 Å². The number of amides is 2. The smallest absolute Gasteiger partial charge is 0.271 e. The van der Waals surface area contributed by atoms with Crippen molar-refractivity contribution in [3.63, 3.8) is 0 Å². The van der Waals surface area contributed by atoms with Crippen molar-refractivity contribution in [3.8, 4) is 6.07 Å². The van der Waals surface area contributed by atoms with Gasteiger partial charge in [0.25, 0.3) is 5.91 Å². The van der Waals surface area contributed by atoms with Gasteiger partial charge in [-0.1, -0.05) is 30.3 Å². The van der Waals surface area contributed by atoms with Crippen LogP contribution in [0.25, 0.3) is 10.9 Å². The van der Waals surface area contributed by atoms with Crippen molar-refractivity contribution < 1.29 is 14.0 Å². The van der Waals surface area contributed by atoms with Gasteiger partial charge in [-0.3, -0.25) is 9.59 Å². The number of benzene rings is 2. The molecule has 32 heavy (non-hydrogen) atoms. The molecule has 0 unspecified atom stereocenters. The fourth-order valence-electron chi connectivity index (χ4n) is 4.19. The van der Waals surface area contributed by atoms with Gasteiger partial charge in [-0.05, 0) is 42.0 Å². The number of nitrogens with zero attached hydrogens (tertiary/aromatic N) is 3. The molecule has 158 valence electrons. The molecule has 0 fully saturated rings. The number of carbonyl (C=O) groups is 2. The maximum Gasteiger partial charge on any atom is 0.271 e. The largest absolute Gasteiger partial charge is 0.467 e. The van der Waals surface area contributed by atoms with Crippen molar-refractivity contribution in [1.82, 2.24) is 14.8 Å². The highest BCUT2D eigenvalue weighted by Gasteiger charge is 2.37. The number of para-hydroxylation sites is 1. The molecule has 0 saturated carbocycles. The summed E-state index contributed by atoms with van der Waals surface area (Å²) in [6.45, 7) is 0.818. The zero-order chi connectivity index (χ0) is 22.1. The molecule has 7 nitrogen and oxygen atoms in total. The normalized spacial score (nSPS) is 15.4. The van der Waals surface area contributed by atoms with E-state index in [1.807, 2.05) is 41.0 Å². The highest BCUT2D eigenvalue weighted by molar-refractivity contribution is 6.02. The van der Waals surface area contributed by atoms with Crippen molar-refractivity contribution >= 4 is 22.7 Å². The lowest BCUT2D eigenvalue weighted by Gasteiger charge is -2.36.